The molecule has 1 saturated carbocycles. The predicted octanol–water partition coefficient (Wildman–Crippen LogP) is 2.90. The number of amides is 1. The van der Waals surface area contributed by atoms with Gasteiger partial charge >= 0.3 is 0 Å². The van der Waals surface area contributed by atoms with Crippen LogP contribution in [0.1, 0.15) is 50.0 Å². The molecule has 1 aromatic heterocycles. The van der Waals surface area contributed by atoms with Crippen molar-refractivity contribution in [3.63, 3.8) is 0 Å². The lowest BCUT2D eigenvalue weighted by Crippen LogP contribution is -2.24. The monoisotopic (exact) mass is 315 g/mol. The highest BCUT2D eigenvalue weighted by Crippen LogP contribution is 2.43. The van der Waals surface area contributed by atoms with Gasteiger partial charge in [-0.1, -0.05) is 6.07 Å². The Morgan fingerprint density at radius 3 is 2.64 bits per heavy atom. The number of nitrogen functional groups attached to an aromatic ring is 1. The summed E-state index contributed by atoms with van der Waals surface area (Å²) >= 11 is 1.51. The third-order valence-corrected chi connectivity index (χ3v) is 5.11. The first-order valence-corrected chi connectivity index (χ1v) is 8.36. The fraction of sp³-hybridized carbons (Fsp3) is 0.353. The summed E-state index contributed by atoms with van der Waals surface area (Å²) in [6, 6.07) is 7.84. The van der Waals surface area contributed by atoms with E-state index in [1.807, 2.05) is 25.1 Å². The van der Waals surface area contributed by atoms with E-state index >= 15 is 0 Å². The smallest absolute Gasteiger partial charge is 0.261 e. The number of rotatable bonds is 5. The minimum absolute atomic E-state index is 0.0368. The second-order valence-corrected chi connectivity index (χ2v) is 7.06. The van der Waals surface area contributed by atoms with Crippen molar-refractivity contribution in [2.75, 3.05) is 5.73 Å². The molecule has 0 aliphatic heterocycles. The molecule has 0 atom stereocenters. The second kappa shape index (κ2) is 6.10. The van der Waals surface area contributed by atoms with Crippen molar-refractivity contribution >= 4 is 22.9 Å². The number of hydrogen-bond acceptors (Lipinski definition) is 4. The van der Waals surface area contributed by atoms with Crippen LogP contribution in [-0.4, -0.2) is 5.91 Å². The van der Waals surface area contributed by atoms with Crippen molar-refractivity contribution in [3.8, 4) is 0 Å². The summed E-state index contributed by atoms with van der Waals surface area (Å²) in [6.07, 6.45) is 2.41. The predicted molar refractivity (Wildman–Crippen MR) is 90.9 cm³/mol. The van der Waals surface area contributed by atoms with Crippen LogP contribution in [0.2, 0.25) is 0 Å². The molecule has 116 valence electrons. The zero-order valence-corrected chi connectivity index (χ0v) is 13.5. The number of carbonyl (C=O) groups excluding carboxylic acids is 1. The summed E-state index contributed by atoms with van der Waals surface area (Å²) in [5.74, 6) is 0.562. The van der Waals surface area contributed by atoms with E-state index in [0.717, 1.165) is 20.9 Å². The molecule has 1 aliphatic rings. The van der Waals surface area contributed by atoms with E-state index in [2.05, 4.69) is 11.4 Å². The van der Waals surface area contributed by atoms with Crippen LogP contribution in [0.15, 0.2) is 24.3 Å². The fourth-order valence-electron chi connectivity index (χ4n) is 2.77. The largest absolute Gasteiger partial charge is 0.398 e. The van der Waals surface area contributed by atoms with Gasteiger partial charge in [-0.25, -0.2) is 0 Å². The number of benzene rings is 1. The Bertz CT molecular complexity index is 704. The van der Waals surface area contributed by atoms with Crippen LogP contribution in [0.3, 0.4) is 0 Å². The number of nitrogens with two attached hydrogens (primary N) is 2. The Hall–Kier alpha value is -1.85. The van der Waals surface area contributed by atoms with E-state index < -0.39 is 0 Å². The van der Waals surface area contributed by atoms with Crippen molar-refractivity contribution in [2.45, 2.75) is 38.8 Å². The van der Waals surface area contributed by atoms with Crippen LogP contribution in [-0.2, 0) is 13.1 Å². The molecule has 22 heavy (non-hydrogen) atoms. The quantitative estimate of drug-likeness (QED) is 0.742. The molecule has 0 saturated heterocycles. The molecule has 0 unspecified atom stereocenters. The molecule has 3 rings (SSSR count). The van der Waals surface area contributed by atoms with Gasteiger partial charge in [0.1, 0.15) is 0 Å². The minimum Gasteiger partial charge on any atom is -0.398 e. The van der Waals surface area contributed by atoms with Gasteiger partial charge in [0.15, 0.2) is 0 Å². The Morgan fingerprint density at radius 1 is 1.27 bits per heavy atom. The third-order valence-electron chi connectivity index (χ3n) is 4.11. The zero-order valence-electron chi connectivity index (χ0n) is 12.7. The molecule has 2 aromatic rings. The Labute approximate surface area is 134 Å². The highest BCUT2D eigenvalue weighted by Gasteiger charge is 2.27. The number of aryl methyl sites for hydroxylation is 1. The first-order valence-electron chi connectivity index (χ1n) is 7.55. The fourth-order valence-corrected chi connectivity index (χ4v) is 3.55. The summed E-state index contributed by atoms with van der Waals surface area (Å²) in [5, 5.41) is 3.01. The van der Waals surface area contributed by atoms with E-state index in [4.69, 9.17) is 11.5 Å². The van der Waals surface area contributed by atoms with Crippen LogP contribution in [0.25, 0.3) is 0 Å². The van der Waals surface area contributed by atoms with Crippen LogP contribution in [0, 0.1) is 6.92 Å². The zero-order chi connectivity index (χ0) is 15.7. The van der Waals surface area contributed by atoms with Crippen molar-refractivity contribution in [1.29, 1.82) is 0 Å². The average Bonchev–Trinajstić information content (AvgIpc) is 3.25. The molecule has 1 fully saturated rings. The number of carbonyl (C=O) groups is 1. The van der Waals surface area contributed by atoms with E-state index in [1.54, 1.807) is 0 Å². The average molecular weight is 315 g/mol. The molecule has 4 nitrogen and oxygen atoms in total. The molecular weight excluding hydrogens is 294 g/mol. The maximum Gasteiger partial charge on any atom is 0.261 e. The Balaban J connectivity index is 1.82. The molecule has 0 bridgehead atoms. The van der Waals surface area contributed by atoms with Gasteiger partial charge in [-0.2, -0.15) is 0 Å². The van der Waals surface area contributed by atoms with Crippen LogP contribution in [0.5, 0.6) is 0 Å². The molecule has 5 heteroatoms. The molecule has 0 spiro atoms. The van der Waals surface area contributed by atoms with E-state index in [9.17, 15) is 4.79 Å². The van der Waals surface area contributed by atoms with Crippen molar-refractivity contribution in [3.05, 3.63) is 50.7 Å². The molecule has 5 N–H and O–H groups in total. The molecule has 1 amide bonds. The maximum atomic E-state index is 12.2. The molecule has 1 aromatic carbocycles. The lowest BCUT2D eigenvalue weighted by Gasteiger charge is -2.16. The Morgan fingerprint density at radius 2 is 2.05 bits per heavy atom. The van der Waals surface area contributed by atoms with Crippen molar-refractivity contribution in [2.24, 2.45) is 5.73 Å². The summed E-state index contributed by atoms with van der Waals surface area (Å²) < 4.78 is 0. The van der Waals surface area contributed by atoms with Gasteiger partial charge < -0.3 is 16.8 Å². The summed E-state index contributed by atoms with van der Waals surface area (Å²) in [5.41, 5.74) is 16.0. The number of thiophene rings is 1. The normalized spacial score (nSPS) is 14.1. The van der Waals surface area contributed by atoms with E-state index in [1.165, 1.54) is 29.7 Å². The van der Waals surface area contributed by atoms with Crippen molar-refractivity contribution in [1.82, 2.24) is 5.32 Å². The maximum absolute atomic E-state index is 12.2. The highest BCUT2D eigenvalue weighted by atomic mass is 32.1. The summed E-state index contributed by atoms with van der Waals surface area (Å²) in [7, 11) is 0. The summed E-state index contributed by atoms with van der Waals surface area (Å²) in [4.78, 5) is 14.1. The molecular formula is C17H21N3OS. The van der Waals surface area contributed by atoms with Crippen LogP contribution < -0.4 is 16.8 Å². The molecule has 1 aliphatic carbocycles. The second-order valence-electron chi connectivity index (χ2n) is 5.77. The number of hydrogen-bond donors (Lipinski definition) is 3. The molecule has 1 heterocycles. The lowest BCUT2D eigenvalue weighted by atomic mass is 9.96. The third kappa shape index (κ3) is 3.00. The molecule has 0 radical (unpaired) electrons. The van der Waals surface area contributed by atoms with E-state index in [0.29, 0.717) is 24.7 Å². The SMILES string of the molecule is Cc1ccc(C(=O)NCc2c(C3CC3)ccc(N)c2CN)s1. The van der Waals surface area contributed by atoms with Crippen LogP contribution >= 0.6 is 11.3 Å². The van der Waals surface area contributed by atoms with Gasteiger partial charge in [0.05, 0.1) is 4.88 Å². The van der Waals surface area contributed by atoms with Gasteiger partial charge in [-0.15, -0.1) is 11.3 Å². The van der Waals surface area contributed by atoms with Gasteiger partial charge in [0, 0.05) is 23.7 Å². The van der Waals surface area contributed by atoms with Gasteiger partial charge in [0.25, 0.3) is 5.91 Å². The van der Waals surface area contributed by atoms with E-state index in [-0.39, 0.29) is 5.91 Å². The van der Waals surface area contributed by atoms with Gasteiger partial charge in [-0.3, -0.25) is 4.79 Å². The Kier molecular flexibility index (Phi) is 4.18. The first-order chi connectivity index (χ1) is 10.6. The van der Waals surface area contributed by atoms with Crippen molar-refractivity contribution < 1.29 is 4.79 Å². The minimum atomic E-state index is -0.0368. The number of anilines is 1. The van der Waals surface area contributed by atoms with Gasteiger partial charge in [-0.05, 0) is 60.6 Å². The first kappa shape index (κ1) is 15.1. The van der Waals surface area contributed by atoms with Gasteiger partial charge in [0.2, 0.25) is 0 Å². The standard InChI is InChI=1S/C17H21N3OS/c1-10-2-7-16(22-10)17(21)20-9-14-12(11-3-4-11)5-6-15(19)13(14)8-18/h2,5-7,11H,3-4,8-9,18-19H2,1H3,(H,20,21). The summed E-state index contributed by atoms with van der Waals surface area (Å²) in [6.45, 7) is 2.88. The topological polar surface area (TPSA) is 81.1 Å². The van der Waals surface area contributed by atoms with Crippen LogP contribution in [0.4, 0.5) is 5.69 Å². The highest BCUT2D eigenvalue weighted by molar-refractivity contribution is 7.13. The number of nitrogens with one attached hydrogen (secondary N) is 1. The lowest BCUT2D eigenvalue weighted by molar-refractivity contribution is 0.0955.